The Morgan fingerprint density at radius 3 is 1.55 bits per heavy atom. The van der Waals surface area contributed by atoms with Crippen molar-refractivity contribution >= 4 is 102 Å². The van der Waals surface area contributed by atoms with Crippen LogP contribution in [-0.4, -0.2) is 4.40 Å². The SMILES string of the molecule is O=c1c2ccccc2c2cccc3c4cc(-c5ccc6sc7c(-c8cccc(-c9ccc%10c%11ccccc%11c%11ccccc%11c%10c9)c8)cccc7c6c5)ccc4n1c23. The van der Waals surface area contributed by atoms with Crippen LogP contribution in [0.15, 0.2) is 193 Å². The lowest BCUT2D eigenvalue weighted by molar-refractivity contribution is 1.21. The first-order chi connectivity index (χ1) is 28.7. The molecule has 0 saturated carbocycles. The Bertz CT molecular complexity index is 3910. The summed E-state index contributed by atoms with van der Waals surface area (Å²) in [6.07, 6.45) is 0. The minimum Gasteiger partial charge on any atom is -0.275 e. The highest BCUT2D eigenvalue weighted by atomic mass is 32.1. The molecule has 0 aliphatic rings. The van der Waals surface area contributed by atoms with Crippen LogP contribution in [0.3, 0.4) is 0 Å². The lowest BCUT2D eigenvalue weighted by atomic mass is 9.91. The molecule has 0 aliphatic heterocycles. The summed E-state index contributed by atoms with van der Waals surface area (Å²) >= 11 is 1.87. The first kappa shape index (κ1) is 31.8. The first-order valence-corrected chi connectivity index (χ1v) is 20.6. The maximum Gasteiger partial charge on any atom is 0.263 e. The summed E-state index contributed by atoms with van der Waals surface area (Å²) < 4.78 is 4.49. The molecule has 0 bridgehead atoms. The quantitative estimate of drug-likeness (QED) is 0.165. The molecule has 13 aromatic rings. The number of fused-ring (bicyclic) bond motifs is 14. The van der Waals surface area contributed by atoms with E-state index in [9.17, 15) is 4.79 Å². The summed E-state index contributed by atoms with van der Waals surface area (Å²) in [7, 11) is 0. The van der Waals surface area contributed by atoms with Crippen LogP contribution in [0.4, 0.5) is 0 Å². The van der Waals surface area contributed by atoms with Crippen molar-refractivity contribution in [2.24, 2.45) is 0 Å². The summed E-state index contributed by atoms with van der Waals surface area (Å²) in [6, 6.07) is 68.1. The zero-order valence-electron chi connectivity index (χ0n) is 31.2. The smallest absolute Gasteiger partial charge is 0.263 e. The number of para-hydroxylation sites is 1. The van der Waals surface area contributed by atoms with Gasteiger partial charge in [0.25, 0.3) is 5.56 Å². The maximum atomic E-state index is 13.9. The molecule has 3 aromatic heterocycles. The monoisotopic (exact) mass is 753 g/mol. The lowest BCUT2D eigenvalue weighted by Gasteiger charge is -2.12. The second kappa shape index (κ2) is 11.8. The highest BCUT2D eigenvalue weighted by Crippen LogP contribution is 2.44. The number of hydrogen-bond acceptors (Lipinski definition) is 2. The van der Waals surface area contributed by atoms with E-state index in [1.165, 1.54) is 80.3 Å². The predicted molar refractivity (Wildman–Crippen MR) is 249 cm³/mol. The van der Waals surface area contributed by atoms with Gasteiger partial charge in [0.05, 0.1) is 11.0 Å². The maximum absolute atomic E-state index is 13.9. The fourth-order valence-electron chi connectivity index (χ4n) is 9.86. The second-order valence-corrected chi connectivity index (χ2v) is 16.6. The van der Waals surface area contributed by atoms with E-state index < -0.39 is 0 Å². The van der Waals surface area contributed by atoms with Gasteiger partial charge in [0, 0.05) is 41.7 Å². The molecule has 0 radical (unpaired) electrons. The lowest BCUT2D eigenvalue weighted by Crippen LogP contribution is -2.12. The zero-order valence-corrected chi connectivity index (χ0v) is 32.0. The number of hydrogen-bond donors (Lipinski definition) is 0. The topological polar surface area (TPSA) is 21.5 Å². The van der Waals surface area contributed by atoms with Crippen LogP contribution < -0.4 is 5.56 Å². The van der Waals surface area contributed by atoms with Crippen LogP contribution >= 0.6 is 11.3 Å². The van der Waals surface area contributed by atoms with Crippen molar-refractivity contribution in [1.82, 2.24) is 4.40 Å². The summed E-state index contributed by atoms with van der Waals surface area (Å²) in [5.41, 5.74) is 9.18. The molecule has 0 unspecified atom stereocenters. The van der Waals surface area contributed by atoms with E-state index in [0.29, 0.717) is 0 Å². The van der Waals surface area contributed by atoms with Crippen LogP contribution in [0.5, 0.6) is 0 Å². The van der Waals surface area contributed by atoms with Gasteiger partial charge in [0.15, 0.2) is 0 Å². The minimum absolute atomic E-state index is 0.0363. The largest absolute Gasteiger partial charge is 0.275 e. The van der Waals surface area contributed by atoms with Crippen molar-refractivity contribution in [3.63, 3.8) is 0 Å². The molecular formula is C55H31NOS. The fourth-order valence-corrected chi connectivity index (χ4v) is 11.1. The van der Waals surface area contributed by atoms with Gasteiger partial charge in [-0.3, -0.25) is 9.20 Å². The van der Waals surface area contributed by atoms with Crippen LogP contribution in [0, 0.1) is 0 Å². The number of benzene rings is 10. The van der Waals surface area contributed by atoms with Gasteiger partial charge < -0.3 is 0 Å². The van der Waals surface area contributed by atoms with Gasteiger partial charge in [0.1, 0.15) is 0 Å². The van der Waals surface area contributed by atoms with Gasteiger partial charge in [-0.2, -0.15) is 0 Å². The normalized spacial score (nSPS) is 12.2. The average Bonchev–Trinajstić information content (AvgIpc) is 3.84. The van der Waals surface area contributed by atoms with E-state index in [4.69, 9.17) is 0 Å². The molecule has 0 atom stereocenters. The van der Waals surface area contributed by atoms with Crippen LogP contribution in [0.2, 0.25) is 0 Å². The molecule has 0 aliphatic carbocycles. The average molecular weight is 754 g/mol. The van der Waals surface area contributed by atoms with Crippen molar-refractivity contribution in [1.29, 1.82) is 0 Å². The summed E-state index contributed by atoms with van der Waals surface area (Å²) in [5, 5.41) is 15.3. The van der Waals surface area contributed by atoms with Gasteiger partial charge >= 0.3 is 0 Å². The van der Waals surface area contributed by atoms with Crippen molar-refractivity contribution in [3.05, 3.63) is 198 Å². The molecule has 3 heteroatoms. The van der Waals surface area contributed by atoms with Gasteiger partial charge in [-0.05, 0) is 114 Å². The van der Waals surface area contributed by atoms with Crippen molar-refractivity contribution in [3.8, 4) is 33.4 Å². The van der Waals surface area contributed by atoms with E-state index >= 15 is 0 Å². The predicted octanol–water partition coefficient (Wildman–Crippen LogP) is 15.0. The van der Waals surface area contributed by atoms with Gasteiger partial charge in [-0.1, -0.05) is 146 Å². The molecule has 0 amide bonds. The Hall–Kier alpha value is -7.33. The Balaban J connectivity index is 0.930. The van der Waals surface area contributed by atoms with E-state index in [2.05, 4.69) is 170 Å². The van der Waals surface area contributed by atoms with E-state index in [0.717, 1.165) is 43.5 Å². The number of rotatable bonds is 3. The summed E-state index contributed by atoms with van der Waals surface area (Å²) in [6.45, 7) is 0. The van der Waals surface area contributed by atoms with Crippen LogP contribution in [0.25, 0.3) is 124 Å². The molecular weight excluding hydrogens is 723 g/mol. The number of nitrogens with zero attached hydrogens (tertiary/aromatic N) is 1. The number of thiophene rings is 1. The molecule has 58 heavy (non-hydrogen) atoms. The molecule has 2 nitrogen and oxygen atoms in total. The molecule has 3 heterocycles. The minimum atomic E-state index is 0.0363. The van der Waals surface area contributed by atoms with Gasteiger partial charge in [0.2, 0.25) is 0 Å². The van der Waals surface area contributed by atoms with E-state index in [-0.39, 0.29) is 5.56 Å². The molecule has 0 fully saturated rings. The van der Waals surface area contributed by atoms with E-state index in [1.807, 2.05) is 33.9 Å². The fraction of sp³-hybridized carbons (Fsp3) is 0. The highest BCUT2D eigenvalue weighted by Gasteiger charge is 2.18. The Morgan fingerprint density at radius 2 is 0.810 bits per heavy atom. The van der Waals surface area contributed by atoms with Crippen LogP contribution in [0.1, 0.15) is 0 Å². The first-order valence-electron chi connectivity index (χ1n) is 19.8. The van der Waals surface area contributed by atoms with Crippen molar-refractivity contribution < 1.29 is 0 Å². The molecule has 13 rings (SSSR count). The Morgan fingerprint density at radius 1 is 0.328 bits per heavy atom. The number of pyridine rings is 1. The Labute approximate surface area is 336 Å². The van der Waals surface area contributed by atoms with Crippen molar-refractivity contribution in [2.75, 3.05) is 0 Å². The van der Waals surface area contributed by atoms with E-state index in [1.54, 1.807) is 0 Å². The second-order valence-electron chi connectivity index (χ2n) is 15.5. The third-order valence-electron chi connectivity index (χ3n) is 12.5. The van der Waals surface area contributed by atoms with Gasteiger partial charge in [-0.15, -0.1) is 11.3 Å². The molecule has 0 saturated heterocycles. The zero-order chi connectivity index (χ0) is 38.1. The van der Waals surface area contributed by atoms with Crippen LogP contribution in [-0.2, 0) is 0 Å². The summed E-state index contributed by atoms with van der Waals surface area (Å²) in [5.74, 6) is 0. The molecule has 0 N–H and O–H groups in total. The highest BCUT2D eigenvalue weighted by molar-refractivity contribution is 7.26. The Kier molecular flexibility index (Phi) is 6.50. The van der Waals surface area contributed by atoms with Crippen molar-refractivity contribution in [2.45, 2.75) is 0 Å². The third-order valence-corrected chi connectivity index (χ3v) is 13.7. The molecule has 0 spiro atoms. The summed E-state index contributed by atoms with van der Waals surface area (Å²) in [4.78, 5) is 13.9. The third kappa shape index (κ3) is 4.39. The molecule has 268 valence electrons. The number of aromatic nitrogens is 1. The molecule has 10 aromatic carbocycles. The van der Waals surface area contributed by atoms with Gasteiger partial charge in [-0.25, -0.2) is 0 Å². The standard InChI is InChI=1S/C55H31NOS/c57-55-47-17-6-5-16-42(47)44-19-9-20-45-49-30-34(23-26-51(49)56(55)53(44)45)35-24-27-52-50(31-35)46-21-8-18-37(54(46)58-52)36-11-7-10-32(28-36)33-22-25-43-40-14-2-1-12-38(40)39-13-3-4-15-41(39)48(43)29-33/h1-31H.